The second-order valence-corrected chi connectivity index (χ2v) is 7.45. The van der Waals surface area contributed by atoms with Gasteiger partial charge in [-0.1, -0.05) is 17.7 Å². The number of hydrogen-bond donors (Lipinski definition) is 1. The molecule has 0 unspecified atom stereocenters. The van der Waals surface area contributed by atoms with Crippen LogP contribution < -0.4 is 5.32 Å². The first-order valence-electron chi connectivity index (χ1n) is 7.89. The van der Waals surface area contributed by atoms with Crippen molar-refractivity contribution < 1.29 is 4.79 Å². The molecule has 26 heavy (non-hydrogen) atoms. The van der Waals surface area contributed by atoms with Gasteiger partial charge in [0.2, 0.25) is 5.91 Å². The minimum absolute atomic E-state index is 0. The fourth-order valence-electron chi connectivity index (χ4n) is 2.22. The standard InChI is InChI=1S/C17H24ClN5OS.HI/c1-21(2)16(24)10-20-17(19-9-15-6-5-7-25-15)23(4)12-14-8-13(18)11-22(14)3;/h5-8,11H,9-10,12H2,1-4H3,(H,19,20);1H. The maximum Gasteiger partial charge on any atom is 0.243 e. The number of aliphatic imine (C=N–C) groups is 1. The highest BCUT2D eigenvalue weighted by molar-refractivity contribution is 14.0. The maximum absolute atomic E-state index is 11.9. The molecule has 0 aliphatic heterocycles. The number of carbonyl (C=O) groups is 1. The van der Waals surface area contributed by atoms with Crippen molar-refractivity contribution in [3.05, 3.63) is 45.4 Å². The molecule has 0 aliphatic carbocycles. The molecule has 1 amide bonds. The summed E-state index contributed by atoms with van der Waals surface area (Å²) in [5, 5.41) is 6.08. The van der Waals surface area contributed by atoms with Gasteiger partial charge in [0, 0.05) is 45.0 Å². The van der Waals surface area contributed by atoms with Crippen LogP contribution in [0.4, 0.5) is 0 Å². The van der Waals surface area contributed by atoms with Gasteiger partial charge in [0.05, 0.1) is 18.1 Å². The van der Waals surface area contributed by atoms with E-state index in [4.69, 9.17) is 11.6 Å². The van der Waals surface area contributed by atoms with E-state index in [0.29, 0.717) is 24.1 Å². The zero-order chi connectivity index (χ0) is 18.4. The van der Waals surface area contributed by atoms with Crippen LogP contribution in [0.3, 0.4) is 0 Å². The van der Waals surface area contributed by atoms with Gasteiger partial charge in [-0.05, 0) is 17.5 Å². The molecule has 2 aromatic rings. The Hall–Kier alpha value is -1.26. The lowest BCUT2D eigenvalue weighted by molar-refractivity contribution is -0.127. The van der Waals surface area contributed by atoms with Gasteiger partial charge in [-0.15, -0.1) is 35.3 Å². The Morgan fingerprint density at radius 3 is 2.65 bits per heavy atom. The van der Waals surface area contributed by atoms with Crippen molar-refractivity contribution in [1.82, 2.24) is 19.7 Å². The third-order valence-electron chi connectivity index (χ3n) is 3.70. The van der Waals surface area contributed by atoms with Crippen molar-refractivity contribution in [3.63, 3.8) is 0 Å². The normalized spacial score (nSPS) is 11.0. The lowest BCUT2D eigenvalue weighted by Crippen LogP contribution is -2.39. The first-order chi connectivity index (χ1) is 11.9. The van der Waals surface area contributed by atoms with Crippen LogP contribution in [0.5, 0.6) is 0 Å². The van der Waals surface area contributed by atoms with Crippen LogP contribution >= 0.6 is 46.9 Å². The summed E-state index contributed by atoms with van der Waals surface area (Å²) in [6.45, 7) is 1.42. The van der Waals surface area contributed by atoms with Crippen LogP contribution in [0.15, 0.2) is 34.8 Å². The minimum atomic E-state index is -0.0364. The van der Waals surface area contributed by atoms with E-state index in [1.165, 1.54) is 9.78 Å². The quantitative estimate of drug-likeness (QED) is 0.370. The summed E-state index contributed by atoms with van der Waals surface area (Å²) in [6, 6.07) is 6.01. The van der Waals surface area contributed by atoms with Gasteiger partial charge in [-0.25, -0.2) is 4.99 Å². The van der Waals surface area contributed by atoms with E-state index < -0.39 is 0 Å². The van der Waals surface area contributed by atoms with Crippen LogP contribution in [0.1, 0.15) is 10.6 Å². The molecule has 0 aliphatic rings. The molecule has 0 atom stereocenters. The van der Waals surface area contributed by atoms with E-state index >= 15 is 0 Å². The SMILES string of the molecule is CN(C)C(=O)CN=C(NCc1cccs1)N(C)Cc1cc(Cl)cn1C.I. The Morgan fingerprint density at radius 1 is 1.38 bits per heavy atom. The van der Waals surface area contributed by atoms with Crippen molar-refractivity contribution in [3.8, 4) is 0 Å². The lowest BCUT2D eigenvalue weighted by Gasteiger charge is -2.23. The third-order valence-corrected chi connectivity index (χ3v) is 4.78. The van der Waals surface area contributed by atoms with Crippen molar-refractivity contribution in [2.45, 2.75) is 13.1 Å². The van der Waals surface area contributed by atoms with E-state index in [0.717, 1.165) is 5.69 Å². The minimum Gasteiger partial charge on any atom is -0.351 e. The molecule has 0 saturated carbocycles. The molecule has 9 heteroatoms. The van der Waals surface area contributed by atoms with Crippen molar-refractivity contribution in [2.24, 2.45) is 12.0 Å². The number of rotatable bonds is 6. The Kier molecular flexibility index (Phi) is 9.45. The lowest BCUT2D eigenvalue weighted by atomic mass is 10.4. The Bertz CT molecular complexity index is 730. The van der Waals surface area contributed by atoms with Gasteiger partial charge < -0.3 is 19.7 Å². The summed E-state index contributed by atoms with van der Waals surface area (Å²) in [6.07, 6.45) is 1.87. The van der Waals surface area contributed by atoms with E-state index in [1.54, 1.807) is 25.4 Å². The van der Waals surface area contributed by atoms with E-state index in [2.05, 4.69) is 16.4 Å². The summed E-state index contributed by atoms with van der Waals surface area (Å²) in [4.78, 5) is 21.1. The average Bonchev–Trinajstić information content (AvgIpc) is 3.16. The highest BCUT2D eigenvalue weighted by Gasteiger charge is 2.12. The zero-order valence-corrected chi connectivity index (χ0v) is 19.3. The summed E-state index contributed by atoms with van der Waals surface area (Å²) in [7, 11) is 7.36. The summed E-state index contributed by atoms with van der Waals surface area (Å²) >= 11 is 7.74. The van der Waals surface area contributed by atoms with Crippen molar-refractivity contribution in [2.75, 3.05) is 27.7 Å². The van der Waals surface area contributed by atoms with Gasteiger partial charge >= 0.3 is 0 Å². The van der Waals surface area contributed by atoms with Crippen molar-refractivity contribution >= 4 is 58.8 Å². The van der Waals surface area contributed by atoms with Crippen LogP contribution in [-0.4, -0.2) is 53.9 Å². The molecule has 0 bridgehead atoms. The third kappa shape index (κ3) is 6.81. The molecule has 144 valence electrons. The van der Waals surface area contributed by atoms with Gasteiger partial charge in [0.15, 0.2) is 5.96 Å². The summed E-state index contributed by atoms with van der Waals surface area (Å²) < 4.78 is 1.99. The molecule has 2 rings (SSSR count). The first-order valence-corrected chi connectivity index (χ1v) is 9.15. The number of hydrogen-bond acceptors (Lipinski definition) is 3. The largest absolute Gasteiger partial charge is 0.351 e. The molecule has 0 saturated heterocycles. The molecule has 0 aromatic carbocycles. The number of aromatic nitrogens is 1. The fourth-order valence-corrected chi connectivity index (χ4v) is 3.13. The molecule has 2 heterocycles. The molecular formula is C17H25ClIN5OS. The Balaban J connectivity index is 0.00000338. The van der Waals surface area contributed by atoms with Crippen LogP contribution in [-0.2, 0) is 24.9 Å². The van der Waals surface area contributed by atoms with Crippen LogP contribution in [0.25, 0.3) is 0 Å². The van der Waals surface area contributed by atoms with Gasteiger partial charge in [0.1, 0.15) is 6.54 Å². The number of halogens is 2. The second kappa shape index (κ2) is 10.8. The summed E-state index contributed by atoms with van der Waals surface area (Å²) in [5.74, 6) is 0.645. The summed E-state index contributed by atoms with van der Waals surface area (Å²) in [5.41, 5.74) is 1.07. The Labute approximate surface area is 180 Å². The highest BCUT2D eigenvalue weighted by Crippen LogP contribution is 2.14. The number of guanidine groups is 1. The fraction of sp³-hybridized carbons (Fsp3) is 0.412. The molecule has 2 aromatic heterocycles. The van der Waals surface area contributed by atoms with E-state index in [9.17, 15) is 4.79 Å². The molecule has 0 radical (unpaired) electrons. The number of aryl methyl sites for hydroxylation is 1. The predicted octanol–water partition coefficient (Wildman–Crippen LogP) is 3.02. The number of carbonyl (C=O) groups excluding carboxylic acids is 1. The Morgan fingerprint density at radius 2 is 2.12 bits per heavy atom. The van der Waals surface area contributed by atoms with Crippen molar-refractivity contribution in [1.29, 1.82) is 0 Å². The number of amides is 1. The average molecular weight is 510 g/mol. The smallest absolute Gasteiger partial charge is 0.243 e. The monoisotopic (exact) mass is 509 g/mol. The van der Waals surface area contributed by atoms with Crippen LogP contribution in [0, 0.1) is 0 Å². The maximum atomic E-state index is 11.9. The molecule has 0 fully saturated rings. The van der Waals surface area contributed by atoms with E-state index in [1.807, 2.05) is 47.3 Å². The molecule has 0 spiro atoms. The molecule has 6 nitrogen and oxygen atoms in total. The van der Waals surface area contributed by atoms with Gasteiger partial charge in [0.25, 0.3) is 0 Å². The number of nitrogens with zero attached hydrogens (tertiary/aromatic N) is 4. The second-order valence-electron chi connectivity index (χ2n) is 5.98. The van der Waals surface area contributed by atoms with E-state index in [-0.39, 0.29) is 36.4 Å². The molecule has 1 N–H and O–H groups in total. The number of likely N-dealkylation sites (N-methyl/N-ethyl adjacent to an activating group) is 1. The van der Waals surface area contributed by atoms with Gasteiger partial charge in [-0.3, -0.25) is 4.79 Å². The zero-order valence-electron chi connectivity index (χ0n) is 15.4. The van der Waals surface area contributed by atoms with Gasteiger partial charge in [-0.2, -0.15) is 0 Å². The first kappa shape index (κ1) is 22.8. The molecular weight excluding hydrogens is 485 g/mol. The number of thiophene rings is 1. The highest BCUT2D eigenvalue weighted by atomic mass is 127. The van der Waals surface area contributed by atoms with Crippen LogP contribution in [0.2, 0.25) is 5.02 Å². The predicted molar refractivity (Wildman–Crippen MR) is 119 cm³/mol. The topological polar surface area (TPSA) is 52.9 Å². The number of nitrogens with one attached hydrogen (secondary N) is 1.